The Hall–Kier alpha value is -2.14. The van der Waals surface area contributed by atoms with Crippen LogP contribution in [0.2, 0.25) is 0 Å². The fraction of sp³-hybridized carbons (Fsp3) is 0.333. The monoisotopic (exact) mass is 325 g/mol. The van der Waals surface area contributed by atoms with E-state index in [0.717, 1.165) is 40.3 Å². The maximum absolute atomic E-state index is 12.4. The number of amides is 1. The lowest BCUT2D eigenvalue weighted by Crippen LogP contribution is -2.24. The van der Waals surface area contributed by atoms with Crippen LogP contribution < -0.4 is 5.32 Å². The summed E-state index contributed by atoms with van der Waals surface area (Å²) in [7, 11) is 0. The highest BCUT2D eigenvalue weighted by Crippen LogP contribution is 2.27. The molecule has 0 radical (unpaired) electrons. The van der Waals surface area contributed by atoms with E-state index >= 15 is 0 Å². The summed E-state index contributed by atoms with van der Waals surface area (Å²) in [5.41, 5.74) is 2.70. The Morgan fingerprint density at radius 3 is 2.87 bits per heavy atom. The van der Waals surface area contributed by atoms with Crippen molar-refractivity contribution in [1.29, 1.82) is 0 Å². The number of carbonyl (C=O) groups excluding carboxylic acids is 1. The number of nitrogens with zero attached hydrogens (tertiary/aromatic N) is 1. The molecule has 2 aromatic heterocycles. The summed E-state index contributed by atoms with van der Waals surface area (Å²) in [5, 5.41) is 5.10. The molecule has 1 fully saturated rings. The second-order valence-electron chi connectivity index (χ2n) is 6.12. The fourth-order valence-electron chi connectivity index (χ4n) is 3.22. The van der Waals surface area contributed by atoms with E-state index < -0.39 is 0 Å². The average Bonchev–Trinajstić information content (AvgIpc) is 3.24. The zero-order chi connectivity index (χ0) is 15.6. The summed E-state index contributed by atoms with van der Waals surface area (Å²) >= 11 is 1.66. The molecular weight excluding hydrogens is 306 g/mol. The maximum Gasteiger partial charge on any atom is 0.227 e. The number of benzene rings is 1. The maximum atomic E-state index is 12.4. The average molecular weight is 325 g/mol. The Bertz CT molecular complexity index is 816. The third kappa shape index (κ3) is 3.01. The van der Waals surface area contributed by atoms with E-state index in [2.05, 4.69) is 15.3 Å². The number of thiophene rings is 1. The summed E-state index contributed by atoms with van der Waals surface area (Å²) in [6.45, 7) is 0. The van der Waals surface area contributed by atoms with Crippen LogP contribution in [0.3, 0.4) is 0 Å². The number of carbonyl (C=O) groups is 1. The minimum Gasteiger partial charge on any atom is -0.337 e. The van der Waals surface area contributed by atoms with Crippen LogP contribution in [-0.2, 0) is 4.79 Å². The van der Waals surface area contributed by atoms with Crippen molar-refractivity contribution in [3.05, 3.63) is 35.7 Å². The molecule has 0 unspecified atom stereocenters. The minimum atomic E-state index is 0.151. The topological polar surface area (TPSA) is 57.8 Å². The van der Waals surface area contributed by atoms with Crippen LogP contribution in [0.15, 0.2) is 35.7 Å². The molecule has 1 aromatic carbocycles. The van der Waals surface area contributed by atoms with Gasteiger partial charge in [-0.15, -0.1) is 11.3 Å². The van der Waals surface area contributed by atoms with Gasteiger partial charge < -0.3 is 10.3 Å². The second-order valence-corrected chi connectivity index (χ2v) is 7.07. The van der Waals surface area contributed by atoms with E-state index in [9.17, 15) is 4.79 Å². The third-order valence-electron chi connectivity index (χ3n) is 4.48. The van der Waals surface area contributed by atoms with Crippen molar-refractivity contribution in [3.8, 4) is 10.7 Å². The first-order chi connectivity index (χ1) is 11.3. The van der Waals surface area contributed by atoms with Gasteiger partial charge in [0, 0.05) is 11.6 Å². The van der Waals surface area contributed by atoms with Gasteiger partial charge in [-0.05, 0) is 42.5 Å². The van der Waals surface area contributed by atoms with E-state index in [1.54, 1.807) is 11.3 Å². The molecule has 3 aromatic rings. The predicted octanol–water partition coefficient (Wildman–Crippen LogP) is 4.81. The first-order valence-corrected chi connectivity index (χ1v) is 9.02. The van der Waals surface area contributed by atoms with Crippen molar-refractivity contribution < 1.29 is 4.79 Å². The van der Waals surface area contributed by atoms with E-state index in [1.165, 1.54) is 19.3 Å². The van der Waals surface area contributed by atoms with Gasteiger partial charge in [0.1, 0.15) is 5.82 Å². The number of imidazole rings is 1. The third-order valence-corrected chi connectivity index (χ3v) is 5.36. The van der Waals surface area contributed by atoms with E-state index in [4.69, 9.17) is 0 Å². The van der Waals surface area contributed by atoms with Crippen LogP contribution in [0.25, 0.3) is 21.7 Å². The number of aromatic amines is 1. The molecule has 2 heterocycles. The molecule has 1 aliphatic carbocycles. The molecule has 2 N–H and O–H groups in total. The van der Waals surface area contributed by atoms with Gasteiger partial charge in [0.25, 0.3) is 0 Å². The number of fused-ring (bicyclic) bond motifs is 1. The van der Waals surface area contributed by atoms with E-state index in [-0.39, 0.29) is 11.8 Å². The Kier molecular flexibility index (Phi) is 3.87. The van der Waals surface area contributed by atoms with Gasteiger partial charge in [-0.1, -0.05) is 25.3 Å². The lowest BCUT2D eigenvalue weighted by Gasteiger charge is -2.20. The van der Waals surface area contributed by atoms with Gasteiger partial charge in [0.15, 0.2) is 0 Å². The van der Waals surface area contributed by atoms with Gasteiger partial charge in [-0.3, -0.25) is 4.79 Å². The van der Waals surface area contributed by atoms with Crippen LogP contribution in [0.5, 0.6) is 0 Å². The highest BCUT2D eigenvalue weighted by Gasteiger charge is 2.21. The van der Waals surface area contributed by atoms with Crippen LogP contribution in [0.4, 0.5) is 5.69 Å². The first kappa shape index (κ1) is 14.5. The molecule has 23 heavy (non-hydrogen) atoms. The van der Waals surface area contributed by atoms with Gasteiger partial charge in [-0.2, -0.15) is 0 Å². The van der Waals surface area contributed by atoms with Crippen LogP contribution in [0, 0.1) is 5.92 Å². The summed E-state index contributed by atoms with van der Waals surface area (Å²) in [5.74, 6) is 1.20. The molecule has 0 spiro atoms. The van der Waals surface area contributed by atoms with Gasteiger partial charge in [-0.25, -0.2) is 4.98 Å². The van der Waals surface area contributed by atoms with Crippen LogP contribution >= 0.6 is 11.3 Å². The fourth-order valence-corrected chi connectivity index (χ4v) is 3.89. The number of hydrogen-bond donors (Lipinski definition) is 2. The molecule has 1 amide bonds. The highest BCUT2D eigenvalue weighted by atomic mass is 32.1. The number of hydrogen-bond acceptors (Lipinski definition) is 3. The molecule has 5 heteroatoms. The SMILES string of the molecule is O=C(Nc1ccc2[nH]c(-c3cccs3)nc2c1)C1CCCCC1. The van der Waals surface area contributed by atoms with Crippen LogP contribution in [0.1, 0.15) is 32.1 Å². The van der Waals surface area contributed by atoms with Crippen molar-refractivity contribution in [1.82, 2.24) is 9.97 Å². The van der Waals surface area contributed by atoms with Gasteiger partial charge >= 0.3 is 0 Å². The number of rotatable bonds is 3. The van der Waals surface area contributed by atoms with Crippen molar-refractivity contribution in [2.24, 2.45) is 5.92 Å². The molecule has 1 saturated carbocycles. The molecule has 0 atom stereocenters. The zero-order valence-corrected chi connectivity index (χ0v) is 13.7. The van der Waals surface area contributed by atoms with Crippen molar-refractivity contribution in [2.45, 2.75) is 32.1 Å². The highest BCUT2D eigenvalue weighted by molar-refractivity contribution is 7.13. The summed E-state index contributed by atoms with van der Waals surface area (Å²) in [6.07, 6.45) is 5.62. The Labute approximate surface area is 138 Å². The summed E-state index contributed by atoms with van der Waals surface area (Å²) in [6, 6.07) is 9.94. The first-order valence-electron chi connectivity index (χ1n) is 8.14. The number of aromatic nitrogens is 2. The standard InChI is InChI=1S/C18H19N3OS/c22-18(12-5-2-1-3-6-12)19-13-8-9-14-15(11-13)21-17(20-14)16-7-4-10-23-16/h4,7-12H,1-3,5-6H2,(H,19,22)(H,20,21). The number of H-pyrrole nitrogens is 1. The van der Waals surface area contributed by atoms with Gasteiger partial charge in [0.2, 0.25) is 5.91 Å². The molecular formula is C18H19N3OS. The molecule has 0 bridgehead atoms. The Balaban J connectivity index is 1.55. The molecule has 0 aliphatic heterocycles. The number of nitrogens with one attached hydrogen (secondary N) is 2. The Morgan fingerprint density at radius 2 is 2.09 bits per heavy atom. The zero-order valence-electron chi connectivity index (χ0n) is 12.8. The van der Waals surface area contributed by atoms with E-state index in [0.29, 0.717) is 0 Å². The second kappa shape index (κ2) is 6.16. The minimum absolute atomic E-state index is 0.151. The quantitative estimate of drug-likeness (QED) is 0.726. The normalized spacial score (nSPS) is 15.8. The largest absolute Gasteiger partial charge is 0.337 e. The summed E-state index contributed by atoms with van der Waals surface area (Å²) in [4.78, 5) is 21.4. The van der Waals surface area contributed by atoms with E-state index in [1.807, 2.05) is 35.7 Å². The summed E-state index contributed by atoms with van der Waals surface area (Å²) < 4.78 is 0. The molecule has 4 rings (SSSR count). The number of anilines is 1. The van der Waals surface area contributed by atoms with Gasteiger partial charge in [0.05, 0.1) is 15.9 Å². The van der Waals surface area contributed by atoms with Crippen LogP contribution in [-0.4, -0.2) is 15.9 Å². The molecule has 1 aliphatic rings. The molecule has 4 nitrogen and oxygen atoms in total. The predicted molar refractivity (Wildman–Crippen MR) is 94.6 cm³/mol. The smallest absolute Gasteiger partial charge is 0.227 e. The van der Waals surface area contributed by atoms with Crippen molar-refractivity contribution >= 4 is 34.0 Å². The molecule has 0 saturated heterocycles. The lowest BCUT2D eigenvalue weighted by molar-refractivity contribution is -0.120. The van der Waals surface area contributed by atoms with Crippen molar-refractivity contribution in [3.63, 3.8) is 0 Å². The van der Waals surface area contributed by atoms with Crippen molar-refractivity contribution in [2.75, 3.05) is 5.32 Å². The lowest BCUT2D eigenvalue weighted by atomic mass is 9.88. The Morgan fingerprint density at radius 1 is 1.22 bits per heavy atom. The molecule has 118 valence electrons.